The van der Waals surface area contributed by atoms with Crippen molar-refractivity contribution in [2.75, 3.05) is 6.54 Å². The van der Waals surface area contributed by atoms with Crippen LogP contribution in [0.5, 0.6) is 0 Å². The molecule has 0 amide bonds. The summed E-state index contributed by atoms with van der Waals surface area (Å²) in [7, 11) is 0. The Morgan fingerprint density at radius 2 is 2.31 bits per heavy atom. The standard InChI is InChI=1S/C11H15NO3S/c1-2-5-12-8(7-10(13)14)11(15)9-4-3-6-16-9/h3-4,6,8,12H,2,5,7H2,1H3,(H,13,14). The van der Waals surface area contributed by atoms with Crippen LogP contribution in [0.3, 0.4) is 0 Å². The number of thiophene rings is 1. The van der Waals surface area contributed by atoms with Crippen LogP contribution in [0.4, 0.5) is 0 Å². The molecule has 2 N–H and O–H groups in total. The maximum atomic E-state index is 11.9. The van der Waals surface area contributed by atoms with Crippen LogP contribution in [-0.4, -0.2) is 29.4 Å². The molecule has 88 valence electrons. The summed E-state index contributed by atoms with van der Waals surface area (Å²) in [6, 6.07) is 2.89. The Bertz CT molecular complexity index is 348. The number of aliphatic carboxylic acids is 1. The molecule has 0 bridgehead atoms. The number of carbonyl (C=O) groups is 2. The fourth-order valence-corrected chi connectivity index (χ4v) is 2.06. The van der Waals surface area contributed by atoms with Crippen molar-refractivity contribution in [3.8, 4) is 0 Å². The summed E-state index contributed by atoms with van der Waals surface area (Å²) in [5.74, 6) is -1.09. The molecule has 0 aliphatic rings. The lowest BCUT2D eigenvalue weighted by Crippen LogP contribution is -2.38. The SMILES string of the molecule is CCCNC(CC(=O)O)C(=O)c1cccs1. The van der Waals surface area contributed by atoms with Gasteiger partial charge >= 0.3 is 5.97 Å². The summed E-state index contributed by atoms with van der Waals surface area (Å²) in [6.45, 7) is 2.62. The lowest BCUT2D eigenvalue weighted by atomic mass is 10.1. The fourth-order valence-electron chi connectivity index (χ4n) is 1.34. The molecule has 0 saturated carbocycles. The van der Waals surface area contributed by atoms with Crippen LogP contribution in [-0.2, 0) is 4.79 Å². The van der Waals surface area contributed by atoms with Crippen LogP contribution in [0.1, 0.15) is 29.4 Å². The number of ketones is 1. The highest BCUT2D eigenvalue weighted by Gasteiger charge is 2.22. The molecule has 0 aliphatic heterocycles. The highest BCUT2D eigenvalue weighted by Crippen LogP contribution is 2.13. The Balaban J connectivity index is 2.67. The number of Topliss-reactive ketones (excluding diaryl/α,β-unsaturated/α-hetero) is 1. The van der Waals surface area contributed by atoms with Gasteiger partial charge in [-0.3, -0.25) is 9.59 Å². The molecular weight excluding hydrogens is 226 g/mol. The van der Waals surface area contributed by atoms with Gasteiger partial charge in [0.1, 0.15) is 0 Å². The molecule has 0 spiro atoms. The van der Waals surface area contributed by atoms with E-state index in [4.69, 9.17) is 5.11 Å². The molecule has 1 atom stereocenters. The van der Waals surface area contributed by atoms with Crippen molar-refractivity contribution in [1.29, 1.82) is 0 Å². The molecule has 1 aromatic rings. The zero-order chi connectivity index (χ0) is 12.0. The zero-order valence-corrected chi connectivity index (χ0v) is 9.92. The van der Waals surface area contributed by atoms with Gasteiger partial charge in [-0.15, -0.1) is 11.3 Å². The van der Waals surface area contributed by atoms with E-state index < -0.39 is 12.0 Å². The van der Waals surface area contributed by atoms with Gasteiger partial charge in [-0.05, 0) is 24.4 Å². The topological polar surface area (TPSA) is 66.4 Å². The first kappa shape index (κ1) is 12.9. The average molecular weight is 241 g/mol. The van der Waals surface area contributed by atoms with Crippen molar-refractivity contribution < 1.29 is 14.7 Å². The number of nitrogens with one attached hydrogen (secondary N) is 1. The van der Waals surface area contributed by atoms with E-state index in [1.807, 2.05) is 12.3 Å². The Hall–Kier alpha value is -1.20. The third-order valence-electron chi connectivity index (χ3n) is 2.10. The van der Waals surface area contributed by atoms with E-state index in [1.54, 1.807) is 12.1 Å². The molecule has 5 heteroatoms. The summed E-state index contributed by atoms with van der Waals surface area (Å²) >= 11 is 1.34. The first-order valence-corrected chi connectivity index (χ1v) is 6.06. The van der Waals surface area contributed by atoms with Gasteiger partial charge < -0.3 is 10.4 Å². The third kappa shape index (κ3) is 3.75. The summed E-state index contributed by atoms with van der Waals surface area (Å²) in [5.41, 5.74) is 0. The van der Waals surface area contributed by atoms with Crippen LogP contribution >= 0.6 is 11.3 Å². The van der Waals surface area contributed by atoms with Crippen LogP contribution in [0.15, 0.2) is 17.5 Å². The van der Waals surface area contributed by atoms with Gasteiger partial charge in [0, 0.05) is 0 Å². The zero-order valence-electron chi connectivity index (χ0n) is 9.10. The normalized spacial score (nSPS) is 12.3. The van der Waals surface area contributed by atoms with Crippen molar-refractivity contribution in [1.82, 2.24) is 5.32 Å². The van der Waals surface area contributed by atoms with E-state index in [1.165, 1.54) is 11.3 Å². The summed E-state index contributed by atoms with van der Waals surface area (Å²) in [4.78, 5) is 23.2. The van der Waals surface area contributed by atoms with Crippen molar-refractivity contribution >= 4 is 23.1 Å². The van der Waals surface area contributed by atoms with Crippen LogP contribution in [0, 0.1) is 0 Å². The molecule has 0 radical (unpaired) electrons. The Morgan fingerprint density at radius 1 is 1.56 bits per heavy atom. The molecule has 0 aromatic carbocycles. The monoisotopic (exact) mass is 241 g/mol. The van der Waals surface area contributed by atoms with E-state index >= 15 is 0 Å². The number of carbonyl (C=O) groups excluding carboxylic acids is 1. The number of rotatable bonds is 7. The lowest BCUT2D eigenvalue weighted by molar-refractivity contribution is -0.137. The maximum Gasteiger partial charge on any atom is 0.305 e. The second-order valence-corrected chi connectivity index (χ2v) is 4.39. The number of hydrogen-bond donors (Lipinski definition) is 2. The molecule has 1 rings (SSSR count). The van der Waals surface area contributed by atoms with E-state index in [9.17, 15) is 9.59 Å². The predicted octanol–water partition coefficient (Wildman–Crippen LogP) is 1.77. The number of carboxylic acids is 1. The number of hydrogen-bond acceptors (Lipinski definition) is 4. The lowest BCUT2D eigenvalue weighted by Gasteiger charge is -2.14. The number of carboxylic acid groups (broad SMARTS) is 1. The molecule has 16 heavy (non-hydrogen) atoms. The molecular formula is C11H15NO3S. The van der Waals surface area contributed by atoms with Crippen LogP contribution in [0.2, 0.25) is 0 Å². The highest BCUT2D eigenvalue weighted by molar-refractivity contribution is 7.12. The summed E-state index contributed by atoms with van der Waals surface area (Å²) < 4.78 is 0. The molecule has 0 aliphatic carbocycles. The van der Waals surface area contributed by atoms with Gasteiger partial charge in [-0.2, -0.15) is 0 Å². The van der Waals surface area contributed by atoms with Crippen molar-refractivity contribution in [2.24, 2.45) is 0 Å². The minimum atomic E-state index is -0.960. The van der Waals surface area contributed by atoms with Crippen molar-refractivity contribution in [2.45, 2.75) is 25.8 Å². The summed E-state index contributed by atoms with van der Waals surface area (Å²) in [6.07, 6.45) is 0.699. The largest absolute Gasteiger partial charge is 0.481 e. The first-order valence-electron chi connectivity index (χ1n) is 5.18. The van der Waals surface area contributed by atoms with E-state index in [2.05, 4.69) is 5.32 Å². The maximum absolute atomic E-state index is 11.9. The third-order valence-corrected chi connectivity index (χ3v) is 2.98. The smallest absolute Gasteiger partial charge is 0.305 e. The summed E-state index contributed by atoms with van der Waals surface area (Å²) in [5, 5.41) is 13.5. The van der Waals surface area contributed by atoms with Crippen molar-refractivity contribution in [3.05, 3.63) is 22.4 Å². The van der Waals surface area contributed by atoms with Crippen molar-refractivity contribution in [3.63, 3.8) is 0 Å². The highest BCUT2D eigenvalue weighted by atomic mass is 32.1. The molecule has 0 fully saturated rings. The molecule has 1 aromatic heterocycles. The van der Waals surface area contributed by atoms with Gasteiger partial charge in [0.05, 0.1) is 17.3 Å². The van der Waals surface area contributed by atoms with Crippen LogP contribution < -0.4 is 5.32 Å². The molecule has 1 heterocycles. The Morgan fingerprint density at radius 3 is 2.81 bits per heavy atom. The predicted molar refractivity (Wildman–Crippen MR) is 63.0 cm³/mol. The second kappa shape index (κ2) is 6.40. The average Bonchev–Trinajstić information content (AvgIpc) is 2.76. The fraction of sp³-hybridized carbons (Fsp3) is 0.455. The van der Waals surface area contributed by atoms with Gasteiger partial charge in [0.15, 0.2) is 5.78 Å². The molecule has 0 saturated heterocycles. The minimum absolute atomic E-state index is 0.133. The quantitative estimate of drug-likeness (QED) is 0.714. The first-order chi connectivity index (χ1) is 7.65. The minimum Gasteiger partial charge on any atom is -0.481 e. The van der Waals surface area contributed by atoms with E-state index in [-0.39, 0.29) is 12.2 Å². The van der Waals surface area contributed by atoms with Gasteiger partial charge in [0.25, 0.3) is 0 Å². The van der Waals surface area contributed by atoms with E-state index in [0.29, 0.717) is 11.4 Å². The Labute approximate surface area is 98.3 Å². The molecule has 1 unspecified atom stereocenters. The van der Waals surface area contributed by atoms with E-state index in [0.717, 1.165) is 6.42 Å². The van der Waals surface area contributed by atoms with Crippen LogP contribution in [0.25, 0.3) is 0 Å². The molecule has 4 nitrogen and oxygen atoms in total. The van der Waals surface area contributed by atoms with Gasteiger partial charge in [-0.1, -0.05) is 13.0 Å². The van der Waals surface area contributed by atoms with Gasteiger partial charge in [-0.25, -0.2) is 0 Å². The second-order valence-electron chi connectivity index (χ2n) is 3.45. The Kier molecular flexibility index (Phi) is 5.14. The van der Waals surface area contributed by atoms with Gasteiger partial charge in [0.2, 0.25) is 0 Å².